The highest BCUT2D eigenvalue weighted by molar-refractivity contribution is 5.81. The van der Waals surface area contributed by atoms with Crippen LogP contribution in [-0.4, -0.2) is 38.3 Å². The van der Waals surface area contributed by atoms with Crippen LogP contribution < -0.4 is 15.4 Å². The van der Waals surface area contributed by atoms with Crippen LogP contribution in [0.3, 0.4) is 0 Å². The number of nitrogens with one attached hydrogen (secondary N) is 2. The molecular formula is C18H28N2O3. The van der Waals surface area contributed by atoms with E-state index in [1.54, 1.807) is 0 Å². The Kier molecular flexibility index (Phi) is 7.36. The summed E-state index contributed by atoms with van der Waals surface area (Å²) in [5.74, 6) is 0.791. The molecule has 1 atom stereocenters. The van der Waals surface area contributed by atoms with Gasteiger partial charge in [0.25, 0.3) is 5.91 Å². The van der Waals surface area contributed by atoms with E-state index in [-0.39, 0.29) is 5.91 Å². The van der Waals surface area contributed by atoms with Gasteiger partial charge in [0, 0.05) is 25.2 Å². The maximum absolute atomic E-state index is 12.1. The van der Waals surface area contributed by atoms with Crippen molar-refractivity contribution >= 4 is 5.91 Å². The number of morpholine rings is 1. The smallest absolute Gasteiger partial charge is 0.250 e. The van der Waals surface area contributed by atoms with E-state index in [4.69, 9.17) is 9.47 Å². The summed E-state index contributed by atoms with van der Waals surface area (Å²) in [5.41, 5.74) is 2.16. The number of hydrogen-bond donors (Lipinski definition) is 2. The van der Waals surface area contributed by atoms with Crippen molar-refractivity contribution in [2.45, 2.75) is 45.8 Å². The van der Waals surface area contributed by atoms with Gasteiger partial charge in [0.05, 0.1) is 13.2 Å². The first-order valence-electron chi connectivity index (χ1n) is 8.53. The molecule has 0 bridgehead atoms. The molecule has 2 rings (SSSR count). The van der Waals surface area contributed by atoms with E-state index in [0.717, 1.165) is 29.8 Å². The van der Waals surface area contributed by atoms with Crippen molar-refractivity contribution in [3.8, 4) is 5.75 Å². The summed E-state index contributed by atoms with van der Waals surface area (Å²) in [6.45, 7) is 7.35. The van der Waals surface area contributed by atoms with Gasteiger partial charge in [-0.1, -0.05) is 31.9 Å². The molecular weight excluding hydrogens is 292 g/mol. The zero-order valence-corrected chi connectivity index (χ0v) is 14.2. The Hall–Kier alpha value is -1.59. The van der Waals surface area contributed by atoms with Crippen LogP contribution in [0.4, 0.5) is 0 Å². The first-order chi connectivity index (χ1) is 11.2. The van der Waals surface area contributed by atoms with E-state index in [0.29, 0.717) is 26.3 Å². The summed E-state index contributed by atoms with van der Waals surface area (Å²) in [4.78, 5) is 12.1. The number of aryl methyl sites for hydroxylation is 1. The number of benzene rings is 1. The number of carbonyl (C=O) groups is 1. The van der Waals surface area contributed by atoms with Crippen LogP contribution in [0.25, 0.3) is 0 Å². The monoisotopic (exact) mass is 320 g/mol. The van der Waals surface area contributed by atoms with Crippen molar-refractivity contribution in [2.75, 3.05) is 26.3 Å². The van der Waals surface area contributed by atoms with Gasteiger partial charge in [0.2, 0.25) is 0 Å². The molecule has 0 saturated carbocycles. The van der Waals surface area contributed by atoms with Crippen molar-refractivity contribution in [2.24, 2.45) is 0 Å². The van der Waals surface area contributed by atoms with Crippen LogP contribution in [0, 0.1) is 6.92 Å². The van der Waals surface area contributed by atoms with Gasteiger partial charge in [-0.15, -0.1) is 0 Å². The molecule has 1 aromatic rings. The summed E-state index contributed by atoms with van der Waals surface area (Å²) in [6, 6.07) is 6.09. The van der Waals surface area contributed by atoms with E-state index in [1.165, 1.54) is 12.8 Å². The number of hydrogen-bond acceptors (Lipinski definition) is 4. The number of carbonyl (C=O) groups excluding carboxylic acids is 1. The molecule has 0 radical (unpaired) electrons. The summed E-state index contributed by atoms with van der Waals surface area (Å²) in [5, 5.41) is 6.11. The minimum atomic E-state index is -0.400. The molecule has 5 heteroatoms. The lowest BCUT2D eigenvalue weighted by molar-refractivity contribution is -0.134. The summed E-state index contributed by atoms with van der Waals surface area (Å²) < 4.78 is 11.4. The van der Waals surface area contributed by atoms with Crippen molar-refractivity contribution in [3.05, 3.63) is 29.3 Å². The van der Waals surface area contributed by atoms with E-state index in [1.807, 2.05) is 25.1 Å². The molecule has 0 aromatic heterocycles. The van der Waals surface area contributed by atoms with E-state index >= 15 is 0 Å². The maximum atomic E-state index is 12.1. The van der Waals surface area contributed by atoms with Gasteiger partial charge < -0.3 is 20.1 Å². The van der Waals surface area contributed by atoms with E-state index < -0.39 is 6.10 Å². The number of ether oxygens (including phenoxy) is 2. The second kappa shape index (κ2) is 9.53. The van der Waals surface area contributed by atoms with Gasteiger partial charge in [0.1, 0.15) is 11.9 Å². The largest absolute Gasteiger partial charge is 0.493 e. The molecule has 2 N–H and O–H groups in total. The Labute approximate surface area is 138 Å². The highest BCUT2D eigenvalue weighted by atomic mass is 16.5. The van der Waals surface area contributed by atoms with Gasteiger partial charge >= 0.3 is 0 Å². The van der Waals surface area contributed by atoms with Crippen molar-refractivity contribution < 1.29 is 14.3 Å². The van der Waals surface area contributed by atoms with Crippen LogP contribution >= 0.6 is 0 Å². The van der Waals surface area contributed by atoms with Gasteiger partial charge in [0.15, 0.2) is 0 Å². The second-order valence-corrected chi connectivity index (χ2v) is 5.95. The molecule has 128 valence electrons. The fraction of sp³-hybridized carbons (Fsp3) is 0.611. The molecule has 1 aliphatic heterocycles. The predicted octanol–water partition coefficient (Wildman–Crippen LogP) is 2.17. The quantitative estimate of drug-likeness (QED) is 0.721. The number of unbranched alkanes of at least 4 members (excludes halogenated alkanes) is 2. The third-order valence-electron chi connectivity index (χ3n) is 3.90. The van der Waals surface area contributed by atoms with Crippen molar-refractivity contribution in [3.63, 3.8) is 0 Å². The first-order valence-corrected chi connectivity index (χ1v) is 8.53. The van der Waals surface area contributed by atoms with E-state index in [9.17, 15) is 4.79 Å². The molecule has 1 saturated heterocycles. The third kappa shape index (κ3) is 5.84. The highest BCUT2D eigenvalue weighted by Crippen LogP contribution is 2.21. The fourth-order valence-corrected chi connectivity index (χ4v) is 2.51. The summed E-state index contributed by atoms with van der Waals surface area (Å²) >= 11 is 0. The van der Waals surface area contributed by atoms with Gasteiger partial charge in [-0.25, -0.2) is 0 Å². The topological polar surface area (TPSA) is 59.6 Å². The number of amides is 1. The lowest BCUT2D eigenvalue weighted by Crippen LogP contribution is -2.47. The van der Waals surface area contributed by atoms with E-state index in [2.05, 4.69) is 17.6 Å². The van der Waals surface area contributed by atoms with Crippen LogP contribution in [0.5, 0.6) is 5.75 Å². The molecule has 23 heavy (non-hydrogen) atoms. The Balaban J connectivity index is 1.88. The predicted molar refractivity (Wildman–Crippen MR) is 90.7 cm³/mol. The lowest BCUT2D eigenvalue weighted by atomic mass is 10.1. The average molecular weight is 320 g/mol. The van der Waals surface area contributed by atoms with Crippen LogP contribution in [0.1, 0.15) is 37.3 Å². The molecule has 1 unspecified atom stereocenters. The molecule has 1 heterocycles. The van der Waals surface area contributed by atoms with Gasteiger partial charge in [-0.2, -0.15) is 0 Å². The van der Waals surface area contributed by atoms with Crippen molar-refractivity contribution in [1.29, 1.82) is 0 Å². The molecule has 5 nitrogen and oxygen atoms in total. The zero-order valence-electron chi connectivity index (χ0n) is 14.2. The van der Waals surface area contributed by atoms with Gasteiger partial charge in [-0.05, 0) is 25.0 Å². The maximum Gasteiger partial charge on any atom is 0.250 e. The van der Waals surface area contributed by atoms with Gasteiger partial charge in [-0.3, -0.25) is 4.79 Å². The Morgan fingerprint density at radius 2 is 2.30 bits per heavy atom. The Bertz CT molecular complexity index is 499. The minimum absolute atomic E-state index is 0.0743. The SMILES string of the molecule is CCCCCOc1cc(C)ccc1CNC(=O)C1CNCCO1. The Morgan fingerprint density at radius 3 is 3.04 bits per heavy atom. The van der Waals surface area contributed by atoms with Crippen LogP contribution in [0.15, 0.2) is 18.2 Å². The normalized spacial score (nSPS) is 17.7. The lowest BCUT2D eigenvalue weighted by Gasteiger charge is -2.23. The summed E-state index contributed by atoms with van der Waals surface area (Å²) in [6.07, 6.45) is 3.00. The molecule has 1 fully saturated rings. The zero-order chi connectivity index (χ0) is 16.5. The second-order valence-electron chi connectivity index (χ2n) is 5.95. The highest BCUT2D eigenvalue weighted by Gasteiger charge is 2.21. The first kappa shape index (κ1) is 17.8. The standard InChI is InChI=1S/C18H28N2O3/c1-3-4-5-9-22-16-11-14(2)6-7-15(16)12-20-18(21)17-13-19-8-10-23-17/h6-7,11,17,19H,3-5,8-10,12-13H2,1-2H3,(H,20,21). The van der Waals surface area contributed by atoms with Crippen LogP contribution in [-0.2, 0) is 16.1 Å². The minimum Gasteiger partial charge on any atom is -0.493 e. The molecule has 0 spiro atoms. The third-order valence-corrected chi connectivity index (χ3v) is 3.90. The molecule has 1 aromatic carbocycles. The molecule has 0 aliphatic carbocycles. The molecule has 1 amide bonds. The fourth-order valence-electron chi connectivity index (χ4n) is 2.51. The number of rotatable bonds is 8. The summed E-state index contributed by atoms with van der Waals surface area (Å²) in [7, 11) is 0. The van der Waals surface area contributed by atoms with Crippen LogP contribution in [0.2, 0.25) is 0 Å². The average Bonchev–Trinajstić information content (AvgIpc) is 2.58. The van der Waals surface area contributed by atoms with Crippen molar-refractivity contribution in [1.82, 2.24) is 10.6 Å². The Morgan fingerprint density at radius 1 is 1.43 bits per heavy atom. The molecule has 1 aliphatic rings.